The molecule has 3 aromatic carbocycles. The lowest BCUT2D eigenvalue weighted by molar-refractivity contribution is -0.118. The Balaban J connectivity index is 1.73. The van der Waals surface area contributed by atoms with E-state index < -0.39 is 5.91 Å². The number of ether oxygens (including phenoxy) is 1. The van der Waals surface area contributed by atoms with Crippen molar-refractivity contribution >= 4 is 45.2 Å². The van der Waals surface area contributed by atoms with Crippen molar-refractivity contribution in [3.05, 3.63) is 93.5 Å². The highest BCUT2D eigenvalue weighted by Gasteiger charge is 2.13. The lowest BCUT2D eigenvalue weighted by Gasteiger charge is -2.12. The molecule has 0 saturated heterocycles. The van der Waals surface area contributed by atoms with Crippen LogP contribution in [0, 0.1) is 25.2 Å². The normalized spacial score (nSPS) is 10.8. The summed E-state index contributed by atoms with van der Waals surface area (Å²) in [4.78, 5) is 24.9. The number of carbonyl (C=O) groups excluding carboxylic acids is 2. The molecular formula is C26H22BrN3O3. The molecule has 3 rings (SSSR count). The minimum atomic E-state index is -0.540. The fraction of sp³-hybridized carbons (Fsp3) is 0.115. The Bertz CT molecular complexity index is 1250. The standard InChI is InChI=1S/C26H22BrN3O3/c1-17-8-10-23(12-18(17)2)29-25(31)16-33-24-11-9-21(27)14-19(24)13-20(15-28)26(32)30-22-6-4-3-5-7-22/h3-14H,16H2,1-2H3,(H,29,31)(H,30,32)/b20-13+. The highest BCUT2D eigenvalue weighted by atomic mass is 79.9. The Labute approximate surface area is 201 Å². The number of rotatable bonds is 7. The number of benzene rings is 3. The third-order valence-electron chi connectivity index (χ3n) is 4.82. The van der Waals surface area contributed by atoms with Crippen molar-refractivity contribution in [2.24, 2.45) is 0 Å². The fourth-order valence-electron chi connectivity index (χ4n) is 2.95. The Hall–Kier alpha value is -3.89. The first-order valence-electron chi connectivity index (χ1n) is 10.1. The number of carbonyl (C=O) groups is 2. The van der Waals surface area contributed by atoms with Crippen LogP contribution in [0.4, 0.5) is 11.4 Å². The summed E-state index contributed by atoms with van der Waals surface area (Å²) in [6, 6.07) is 21.6. The van der Waals surface area contributed by atoms with Crippen LogP contribution in [0.25, 0.3) is 6.08 Å². The van der Waals surface area contributed by atoms with Crippen LogP contribution in [0.1, 0.15) is 16.7 Å². The van der Waals surface area contributed by atoms with Gasteiger partial charge in [-0.25, -0.2) is 0 Å². The third kappa shape index (κ3) is 6.79. The quantitative estimate of drug-likeness (QED) is 0.322. The van der Waals surface area contributed by atoms with Crippen LogP contribution >= 0.6 is 15.9 Å². The van der Waals surface area contributed by atoms with E-state index in [-0.39, 0.29) is 18.1 Å². The van der Waals surface area contributed by atoms with Crippen LogP contribution in [-0.2, 0) is 9.59 Å². The molecule has 0 fully saturated rings. The second-order valence-corrected chi connectivity index (χ2v) is 8.22. The number of para-hydroxylation sites is 1. The van der Waals surface area contributed by atoms with Crippen molar-refractivity contribution in [3.63, 3.8) is 0 Å². The topological polar surface area (TPSA) is 91.2 Å². The number of halogens is 1. The van der Waals surface area contributed by atoms with Gasteiger partial charge in [0.2, 0.25) is 0 Å². The Morgan fingerprint density at radius 1 is 0.970 bits per heavy atom. The zero-order chi connectivity index (χ0) is 23.8. The van der Waals surface area contributed by atoms with E-state index >= 15 is 0 Å². The largest absolute Gasteiger partial charge is 0.483 e. The van der Waals surface area contributed by atoms with Gasteiger partial charge >= 0.3 is 0 Å². The molecule has 0 heterocycles. The van der Waals surface area contributed by atoms with Crippen LogP contribution in [0.2, 0.25) is 0 Å². The molecule has 0 bridgehead atoms. The van der Waals surface area contributed by atoms with Gasteiger partial charge < -0.3 is 15.4 Å². The number of aryl methyl sites for hydroxylation is 2. The molecule has 0 aliphatic rings. The summed E-state index contributed by atoms with van der Waals surface area (Å²) in [5.41, 5.74) is 3.88. The minimum Gasteiger partial charge on any atom is -0.483 e. The molecule has 0 spiro atoms. The summed E-state index contributed by atoms with van der Waals surface area (Å²) in [5, 5.41) is 15.0. The zero-order valence-electron chi connectivity index (χ0n) is 18.2. The maximum Gasteiger partial charge on any atom is 0.266 e. The lowest BCUT2D eigenvalue weighted by atomic mass is 10.1. The van der Waals surface area contributed by atoms with E-state index in [2.05, 4.69) is 26.6 Å². The molecule has 0 atom stereocenters. The van der Waals surface area contributed by atoms with Gasteiger partial charge in [0.15, 0.2) is 6.61 Å². The Kier molecular flexibility index (Phi) is 8.01. The van der Waals surface area contributed by atoms with Crippen LogP contribution in [0.5, 0.6) is 5.75 Å². The predicted molar refractivity (Wildman–Crippen MR) is 133 cm³/mol. The van der Waals surface area contributed by atoms with Crippen molar-refractivity contribution in [3.8, 4) is 11.8 Å². The van der Waals surface area contributed by atoms with Crippen molar-refractivity contribution < 1.29 is 14.3 Å². The number of hydrogen-bond donors (Lipinski definition) is 2. The smallest absolute Gasteiger partial charge is 0.266 e. The van der Waals surface area contributed by atoms with Crippen molar-refractivity contribution in [2.45, 2.75) is 13.8 Å². The van der Waals surface area contributed by atoms with E-state index in [1.165, 1.54) is 6.08 Å². The van der Waals surface area contributed by atoms with Gasteiger partial charge in [-0.3, -0.25) is 9.59 Å². The van der Waals surface area contributed by atoms with Gasteiger partial charge in [0.25, 0.3) is 11.8 Å². The van der Waals surface area contributed by atoms with Gasteiger partial charge in [0, 0.05) is 21.4 Å². The number of hydrogen-bond acceptors (Lipinski definition) is 4. The third-order valence-corrected chi connectivity index (χ3v) is 5.31. The highest BCUT2D eigenvalue weighted by Crippen LogP contribution is 2.26. The minimum absolute atomic E-state index is 0.0959. The van der Waals surface area contributed by atoms with Crippen LogP contribution in [0.3, 0.4) is 0 Å². The second-order valence-electron chi connectivity index (χ2n) is 7.31. The summed E-state index contributed by atoms with van der Waals surface area (Å²) in [6.45, 7) is 3.75. The molecule has 0 saturated carbocycles. The van der Waals surface area contributed by atoms with E-state index in [9.17, 15) is 14.9 Å². The van der Waals surface area contributed by atoms with Gasteiger partial charge in [-0.2, -0.15) is 5.26 Å². The molecule has 0 aromatic heterocycles. The van der Waals surface area contributed by atoms with Gasteiger partial charge in [-0.05, 0) is 73.5 Å². The van der Waals surface area contributed by atoms with E-state index in [4.69, 9.17) is 4.74 Å². The van der Waals surface area contributed by atoms with Gasteiger partial charge in [-0.1, -0.05) is 40.2 Å². The summed E-state index contributed by atoms with van der Waals surface area (Å²) >= 11 is 3.39. The van der Waals surface area contributed by atoms with Gasteiger partial charge in [0.1, 0.15) is 17.4 Å². The summed E-state index contributed by atoms with van der Waals surface area (Å²) in [6.07, 6.45) is 1.43. The van der Waals surface area contributed by atoms with Crippen molar-refractivity contribution in [1.29, 1.82) is 5.26 Å². The number of nitrogens with one attached hydrogen (secondary N) is 2. The summed E-state index contributed by atoms with van der Waals surface area (Å²) < 4.78 is 6.44. The average molecular weight is 504 g/mol. The van der Waals surface area contributed by atoms with Crippen molar-refractivity contribution in [1.82, 2.24) is 0 Å². The molecule has 166 valence electrons. The molecular weight excluding hydrogens is 482 g/mol. The molecule has 0 unspecified atom stereocenters. The van der Waals surface area contributed by atoms with E-state index in [1.807, 2.05) is 44.2 Å². The van der Waals surface area contributed by atoms with Crippen LogP contribution in [0.15, 0.2) is 76.8 Å². The van der Waals surface area contributed by atoms with Gasteiger partial charge in [-0.15, -0.1) is 0 Å². The van der Waals surface area contributed by atoms with Crippen LogP contribution < -0.4 is 15.4 Å². The number of amides is 2. The molecule has 2 N–H and O–H groups in total. The van der Waals surface area contributed by atoms with Crippen molar-refractivity contribution in [2.75, 3.05) is 17.2 Å². The number of nitriles is 1. The lowest BCUT2D eigenvalue weighted by Crippen LogP contribution is -2.20. The first kappa shape index (κ1) is 23.8. The number of nitrogens with zero attached hydrogens (tertiary/aromatic N) is 1. The molecule has 6 nitrogen and oxygen atoms in total. The molecule has 3 aromatic rings. The highest BCUT2D eigenvalue weighted by molar-refractivity contribution is 9.10. The maximum absolute atomic E-state index is 12.5. The second kappa shape index (κ2) is 11.1. The Morgan fingerprint density at radius 3 is 2.42 bits per heavy atom. The first-order valence-corrected chi connectivity index (χ1v) is 10.9. The van der Waals surface area contributed by atoms with E-state index in [1.54, 1.807) is 42.5 Å². The molecule has 0 radical (unpaired) electrons. The maximum atomic E-state index is 12.5. The monoisotopic (exact) mass is 503 g/mol. The van der Waals surface area contributed by atoms with E-state index in [0.717, 1.165) is 15.6 Å². The summed E-state index contributed by atoms with van der Waals surface area (Å²) in [7, 11) is 0. The molecule has 33 heavy (non-hydrogen) atoms. The SMILES string of the molecule is Cc1ccc(NC(=O)COc2ccc(Br)cc2/C=C(\C#N)C(=O)Nc2ccccc2)cc1C. The van der Waals surface area contributed by atoms with Gasteiger partial charge in [0.05, 0.1) is 0 Å². The molecule has 2 amide bonds. The molecule has 0 aliphatic heterocycles. The zero-order valence-corrected chi connectivity index (χ0v) is 19.8. The van der Waals surface area contributed by atoms with Crippen LogP contribution in [-0.4, -0.2) is 18.4 Å². The van der Waals surface area contributed by atoms with E-state index in [0.29, 0.717) is 22.7 Å². The first-order chi connectivity index (χ1) is 15.9. The number of anilines is 2. The molecule has 7 heteroatoms. The summed E-state index contributed by atoms with van der Waals surface area (Å²) in [5.74, 6) is -0.491. The Morgan fingerprint density at radius 2 is 1.73 bits per heavy atom. The molecule has 0 aliphatic carbocycles. The fourth-order valence-corrected chi connectivity index (χ4v) is 3.33. The average Bonchev–Trinajstić information content (AvgIpc) is 2.80. The predicted octanol–water partition coefficient (Wildman–Crippen LogP) is 5.63.